The summed E-state index contributed by atoms with van der Waals surface area (Å²) < 4.78 is 5.66. The van der Waals surface area contributed by atoms with Crippen LogP contribution in [0.5, 0.6) is 5.75 Å². The van der Waals surface area contributed by atoms with E-state index in [2.05, 4.69) is 28.6 Å². The van der Waals surface area contributed by atoms with E-state index in [4.69, 9.17) is 4.74 Å². The Morgan fingerprint density at radius 3 is 2.64 bits per heavy atom. The zero-order valence-corrected chi connectivity index (χ0v) is 14.1. The van der Waals surface area contributed by atoms with Crippen LogP contribution in [0, 0.1) is 5.92 Å². The molecule has 0 spiro atoms. The molecule has 1 aromatic rings. The first kappa shape index (κ1) is 16.7. The predicted molar refractivity (Wildman–Crippen MR) is 92.4 cm³/mol. The Hall–Kier alpha value is -1.71. The molecule has 1 aliphatic carbocycles. The molecule has 4 nitrogen and oxygen atoms in total. The van der Waals surface area contributed by atoms with Crippen molar-refractivity contribution in [2.45, 2.75) is 52.1 Å². The molecule has 1 fully saturated rings. The first-order chi connectivity index (χ1) is 10.7. The molecule has 0 radical (unpaired) electrons. The van der Waals surface area contributed by atoms with E-state index in [1.807, 2.05) is 32.2 Å². The second kappa shape index (κ2) is 8.66. The lowest BCUT2D eigenvalue weighted by molar-refractivity contribution is 0.328. The minimum atomic E-state index is 0.546. The lowest BCUT2D eigenvalue weighted by Gasteiger charge is -2.28. The fourth-order valence-electron chi connectivity index (χ4n) is 2.92. The summed E-state index contributed by atoms with van der Waals surface area (Å²) in [6.07, 6.45) is 5.08. The summed E-state index contributed by atoms with van der Waals surface area (Å²) in [5, 5.41) is 6.95. The second-order valence-corrected chi connectivity index (χ2v) is 6.07. The third-order valence-electron chi connectivity index (χ3n) is 4.30. The maximum atomic E-state index is 5.66. The van der Waals surface area contributed by atoms with Gasteiger partial charge in [0.25, 0.3) is 0 Å². The van der Waals surface area contributed by atoms with E-state index in [0.29, 0.717) is 12.6 Å². The maximum absolute atomic E-state index is 5.66. The largest absolute Gasteiger partial charge is 0.494 e. The minimum Gasteiger partial charge on any atom is -0.494 e. The van der Waals surface area contributed by atoms with Crippen molar-refractivity contribution in [3.8, 4) is 5.75 Å². The Bertz CT molecular complexity index is 479. The molecule has 0 unspecified atom stereocenters. The average molecular weight is 303 g/mol. The van der Waals surface area contributed by atoms with Crippen LogP contribution in [0.2, 0.25) is 0 Å². The van der Waals surface area contributed by atoms with Gasteiger partial charge in [0.15, 0.2) is 5.96 Å². The molecule has 0 saturated heterocycles. The molecule has 22 heavy (non-hydrogen) atoms. The molecule has 2 rings (SSSR count). The van der Waals surface area contributed by atoms with Crippen molar-refractivity contribution < 1.29 is 4.74 Å². The Labute approximate surface area is 134 Å². The van der Waals surface area contributed by atoms with Crippen molar-refractivity contribution in [3.63, 3.8) is 0 Å². The van der Waals surface area contributed by atoms with Crippen molar-refractivity contribution >= 4 is 5.96 Å². The van der Waals surface area contributed by atoms with E-state index in [1.54, 1.807) is 0 Å². The summed E-state index contributed by atoms with van der Waals surface area (Å²) in [4.78, 5) is 4.35. The lowest BCUT2D eigenvalue weighted by Crippen LogP contribution is -2.44. The summed E-state index contributed by atoms with van der Waals surface area (Å²) in [6.45, 7) is 5.76. The molecular weight excluding hydrogens is 274 g/mol. The molecule has 2 N–H and O–H groups in total. The van der Waals surface area contributed by atoms with Crippen molar-refractivity contribution in [2.24, 2.45) is 10.9 Å². The smallest absolute Gasteiger partial charge is 0.191 e. The van der Waals surface area contributed by atoms with Gasteiger partial charge in [-0.2, -0.15) is 0 Å². The fourth-order valence-corrected chi connectivity index (χ4v) is 2.92. The van der Waals surface area contributed by atoms with Crippen molar-refractivity contribution in [1.82, 2.24) is 10.6 Å². The summed E-state index contributed by atoms with van der Waals surface area (Å²) in [5.41, 5.74) is 1.16. The highest BCUT2D eigenvalue weighted by Crippen LogP contribution is 2.23. The van der Waals surface area contributed by atoms with Gasteiger partial charge in [0.05, 0.1) is 6.61 Å². The van der Waals surface area contributed by atoms with E-state index < -0.39 is 0 Å². The third kappa shape index (κ3) is 4.93. The van der Waals surface area contributed by atoms with E-state index >= 15 is 0 Å². The number of benzene rings is 1. The van der Waals surface area contributed by atoms with Crippen LogP contribution < -0.4 is 15.4 Å². The van der Waals surface area contributed by atoms with Gasteiger partial charge in [0.1, 0.15) is 5.75 Å². The highest BCUT2D eigenvalue weighted by atomic mass is 16.5. The SMILES string of the molecule is CCOc1ccccc1CNC(=NC)NC1CCC(C)CC1. The van der Waals surface area contributed by atoms with Crippen LogP contribution in [0.3, 0.4) is 0 Å². The quantitative estimate of drug-likeness (QED) is 0.648. The molecule has 0 amide bonds. The van der Waals surface area contributed by atoms with E-state index in [0.717, 1.165) is 29.7 Å². The highest BCUT2D eigenvalue weighted by molar-refractivity contribution is 5.80. The van der Waals surface area contributed by atoms with Gasteiger partial charge >= 0.3 is 0 Å². The molecule has 0 aromatic heterocycles. The zero-order valence-electron chi connectivity index (χ0n) is 14.1. The standard InChI is InChI=1S/C18H29N3O/c1-4-22-17-8-6-5-7-15(17)13-20-18(19-3)21-16-11-9-14(2)10-12-16/h5-8,14,16H,4,9-13H2,1-3H3,(H2,19,20,21). The number of rotatable bonds is 5. The molecule has 1 aromatic carbocycles. The zero-order chi connectivity index (χ0) is 15.8. The van der Waals surface area contributed by atoms with Crippen LogP contribution in [0.1, 0.15) is 45.1 Å². The number of aliphatic imine (C=N–C) groups is 1. The average Bonchev–Trinajstić information content (AvgIpc) is 2.55. The second-order valence-electron chi connectivity index (χ2n) is 6.07. The monoisotopic (exact) mass is 303 g/mol. The Morgan fingerprint density at radius 2 is 1.95 bits per heavy atom. The predicted octanol–water partition coefficient (Wildman–Crippen LogP) is 3.33. The summed E-state index contributed by atoms with van der Waals surface area (Å²) in [6, 6.07) is 8.69. The minimum absolute atomic E-state index is 0.546. The van der Waals surface area contributed by atoms with Crippen LogP contribution in [-0.4, -0.2) is 25.7 Å². The van der Waals surface area contributed by atoms with Crippen LogP contribution in [0.25, 0.3) is 0 Å². The van der Waals surface area contributed by atoms with Gasteiger partial charge < -0.3 is 15.4 Å². The fraction of sp³-hybridized carbons (Fsp3) is 0.611. The van der Waals surface area contributed by atoms with E-state index in [-0.39, 0.29) is 0 Å². The number of hydrogen-bond acceptors (Lipinski definition) is 2. The Kier molecular flexibility index (Phi) is 6.56. The van der Waals surface area contributed by atoms with Gasteiger partial charge in [-0.15, -0.1) is 0 Å². The maximum Gasteiger partial charge on any atom is 0.191 e. The number of hydrogen-bond donors (Lipinski definition) is 2. The first-order valence-electron chi connectivity index (χ1n) is 8.40. The van der Waals surface area contributed by atoms with Crippen molar-refractivity contribution in [2.75, 3.05) is 13.7 Å². The van der Waals surface area contributed by atoms with Gasteiger partial charge in [-0.3, -0.25) is 4.99 Å². The molecule has 1 aliphatic rings. The van der Waals surface area contributed by atoms with E-state index in [1.165, 1.54) is 25.7 Å². The summed E-state index contributed by atoms with van der Waals surface area (Å²) in [5.74, 6) is 2.69. The Morgan fingerprint density at radius 1 is 1.23 bits per heavy atom. The Balaban J connectivity index is 1.86. The number of para-hydroxylation sites is 1. The highest BCUT2D eigenvalue weighted by Gasteiger charge is 2.18. The van der Waals surface area contributed by atoms with Gasteiger partial charge in [0.2, 0.25) is 0 Å². The summed E-state index contributed by atoms with van der Waals surface area (Å²) in [7, 11) is 1.83. The molecule has 0 aliphatic heterocycles. The number of nitrogens with zero attached hydrogens (tertiary/aromatic N) is 1. The lowest BCUT2D eigenvalue weighted by atomic mass is 9.87. The van der Waals surface area contributed by atoms with Crippen LogP contribution >= 0.6 is 0 Å². The van der Waals surface area contributed by atoms with Crippen LogP contribution in [0.4, 0.5) is 0 Å². The molecule has 0 heterocycles. The first-order valence-corrected chi connectivity index (χ1v) is 8.40. The van der Waals surface area contributed by atoms with Crippen molar-refractivity contribution in [3.05, 3.63) is 29.8 Å². The normalized spacial score (nSPS) is 22.2. The molecule has 1 saturated carbocycles. The topological polar surface area (TPSA) is 45.6 Å². The van der Waals surface area contributed by atoms with Gasteiger partial charge in [0, 0.05) is 25.2 Å². The molecule has 0 bridgehead atoms. The molecule has 4 heteroatoms. The van der Waals surface area contributed by atoms with Gasteiger partial charge in [-0.1, -0.05) is 25.1 Å². The van der Waals surface area contributed by atoms with Gasteiger partial charge in [-0.05, 0) is 44.6 Å². The third-order valence-corrected chi connectivity index (χ3v) is 4.30. The molecular formula is C18H29N3O. The number of guanidine groups is 1. The summed E-state index contributed by atoms with van der Waals surface area (Å²) >= 11 is 0. The molecule has 122 valence electrons. The number of ether oxygens (including phenoxy) is 1. The van der Waals surface area contributed by atoms with Crippen LogP contribution in [-0.2, 0) is 6.54 Å². The number of nitrogens with one attached hydrogen (secondary N) is 2. The van der Waals surface area contributed by atoms with E-state index in [9.17, 15) is 0 Å². The van der Waals surface area contributed by atoms with Crippen LogP contribution in [0.15, 0.2) is 29.3 Å². The van der Waals surface area contributed by atoms with Gasteiger partial charge in [-0.25, -0.2) is 0 Å². The molecule has 0 atom stereocenters. The van der Waals surface area contributed by atoms with Crippen molar-refractivity contribution in [1.29, 1.82) is 0 Å².